The molecule has 0 N–H and O–H groups in total. The maximum Gasteiger partial charge on any atom is 0.0462 e. The summed E-state index contributed by atoms with van der Waals surface area (Å²) < 4.78 is 0. The fourth-order valence-corrected chi connectivity index (χ4v) is 7.22. The first-order valence-electron chi connectivity index (χ1n) is 16.6. The van der Waals surface area contributed by atoms with Gasteiger partial charge < -0.3 is 4.90 Å². The van der Waals surface area contributed by atoms with E-state index in [9.17, 15) is 0 Å². The third kappa shape index (κ3) is 6.06. The van der Waals surface area contributed by atoms with Crippen molar-refractivity contribution in [3.8, 4) is 33.4 Å². The van der Waals surface area contributed by atoms with Gasteiger partial charge in [0.1, 0.15) is 0 Å². The lowest BCUT2D eigenvalue weighted by atomic mass is 9.66. The minimum absolute atomic E-state index is 0.240. The Morgan fingerprint density at radius 1 is 0.500 bits per heavy atom. The lowest BCUT2D eigenvalue weighted by Gasteiger charge is -2.38. The average Bonchev–Trinajstić information content (AvgIpc) is 3.13. The fraction of sp³-hybridized carbons (Fsp3) is 0.156. The Balaban J connectivity index is 1.20. The van der Waals surface area contributed by atoms with Gasteiger partial charge in [0.15, 0.2) is 0 Å². The van der Waals surface area contributed by atoms with Gasteiger partial charge in [-0.2, -0.15) is 0 Å². The molecule has 1 nitrogen and oxygen atoms in total. The van der Waals surface area contributed by atoms with E-state index in [4.69, 9.17) is 0 Å². The summed E-state index contributed by atoms with van der Waals surface area (Å²) in [5.41, 5.74) is 13.8. The van der Waals surface area contributed by atoms with Gasteiger partial charge in [0.2, 0.25) is 0 Å². The molecule has 1 aliphatic rings. The molecule has 7 rings (SSSR count). The van der Waals surface area contributed by atoms with Crippen molar-refractivity contribution in [2.24, 2.45) is 0 Å². The summed E-state index contributed by atoms with van der Waals surface area (Å²) in [4.78, 5) is 2.34. The Hall–Kier alpha value is -5.14. The number of rotatable bonds is 8. The Bertz CT molecular complexity index is 1800. The molecule has 1 saturated carbocycles. The summed E-state index contributed by atoms with van der Waals surface area (Å²) in [6, 6.07) is 57.3. The normalized spacial score (nSPS) is 16.2. The van der Waals surface area contributed by atoms with E-state index in [2.05, 4.69) is 176 Å². The van der Waals surface area contributed by atoms with Gasteiger partial charge >= 0.3 is 0 Å². The lowest BCUT2D eigenvalue weighted by Crippen LogP contribution is -2.28. The molecule has 0 spiro atoms. The van der Waals surface area contributed by atoms with Gasteiger partial charge in [0.05, 0.1) is 0 Å². The second-order valence-corrected chi connectivity index (χ2v) is 12.7. The van der Waals surface area contributed by atoms with Crippen LogP contribution < -0.4 is 4.90 Å². The smallest absolute Gasteiger partial charge is 0.0462 e. The van der Waals surface area contributed by atoms with Crippen LogP contribution in [-0.2, 0) is 5.41 Å². The average molecular weight is 596 g/mol. The summed E-state index contributed by atoms with van der Waals surface area (Å²) in [6.45, 7) is 6.68. The Kier molecular flexibility index (Phi) is 8.40. The van der Waals surface area contributed by atoms with Crippen LogP contribution in [0.1, 0.15) is 44.6 Å². The minimum atomic E-state index is 0.240. The van der Waals surface area contributed by atoms with Crippen molar-refractivity contribution in [1.82, 2.24) is 0 Å². The zero-order valence-electron chi connectivity index (χ0n) is 26.7. The Morgan fingerprint density at radius 2 is 0.870 bits per heavy atom. The first-order valence-corrected chi connectivity index (χ1v) is 16.6. The predicted octanol–water partition coefficient (Wildman–Crippen LogP) is 12.9. The molecule has 1 aliphatic carbocycles. The molecule has 0 amide bonds. The number of allylic oxidation sites excluding steroid dienone is 1. The molecular weight excluding hydrogens is 555 g/mol. The number of benzene rings is 6. The molecule has 6 aromatic carbocycles. The molecule has 0 heterocycles. The van der Waals surface area contributed by atoms with Gasteiger partial charge in [0, 0.05) is 17.1 Å². The zero-order chi connectivity index (χ0) is 31.3. The molecular formula is C45H41N. The molecule has 0 radical (unpaired) electrons. The van der Waals surface area contributed by atoms with E-state index in [1.165, 1.54) is 63.8 Å². The first kappa shape index (κ1) is 29.6. The molecule has 0 bridgehead atoms. The molecule has 1 atom stereocenters. The van der Waals surface area contributed by atoms with Gasteiger partial charge in [-0.3, -0.25) is 0 Å². The van der Waals surface area contributed by atoms with Gasteiger partial charge in [-0.25, -0.2) is 0 Å². The van der Waals surface area contributed by atoms with Gasteiger partial charge in [-0.05, 0) is 113 Å². The van der Waals surface area contributed by atoms with E-state index in [0.717, 1.165) is 29.9 Å². The number of hydrogen-bond acceptors (Lipinski definition) is 1. The summed E-state index contributed by atoms with van der Waals surface area (Å²) in [7, 11) is 0. The van der Waals surface area contributed by atoms with Crippen LogP contribution in [0.2, 0.25) is 0 Å². The topological polar surface area (TPSA) is 3.24 Å². The van der Waals surface area contributed by atoms with Crippen molar-refractivity contribution in [1.29, 1.82) is 0 Å². The third-order valence-electron chi connectivity index (χ3n) is 9.87. The summed E-state index contributed by atoms with van der Waals surface area (Å²) in [5.74, 6) is 0. The SMILES string of the molecule is C=C1CCCC(CC)(c2ccc(-c3ccc(N(c4ccc(-c5ccccc5)cc4)c4ccc(-c5ccccc5)cc4)cc3)cc2)C1. The second kappa shape index (κ2) is 13.1. The van der Waals surface area contributed by atoms with Crippen LogP contribution in [-0.4, -0.2) is 0 Å². The van der Waals surface area contributed by atoms with Crippen LogP contribution in [0.5, 0.6) is 0 Å². The predicted molar refractivity (Wildman–Crippen MR) is 197 cm³/mol. The van der Waals surface area contributed by atoms with Gasteiger partial charge in [-0.15, -0.1) is 0 Å². The van der Waals surface area contributed by atoms with Crippen molar-refractivity contribution in [3.05, 3.63) is 175 Å². The first-order chi connectivity index (χ1) is 22.6. The number of anilines is 3. The highest BCUT2D eigenvalue weighted by atomic mass is 15.1. The quantitative estimate of drug-likeness (QED) is 0.158. The third-order valence-corrected chi connectivity index (χ3v) is 9.87. The highest BCUT2D eigenvalue weighted by molar-refractivity contribution is 5.81. The molecule has 0 aromatic heterocycles. The van der Waals surface area contributed by atoms with Crippen LogP contribution in [0, 0.1) is 0 Å². The van der Waals surface area contributed by atoms with Crippen molar-refractivity contribution < 1.29 is 0 Å². The molecule has 1 unspecified atom stereocenters. The van der Waals surface area contributed by atoms with E-state index in [-0.39, 0.29) is 5.41 Å². The molecule has 0 saturated heterocycles. The summed E-state index contributed by atoms with van der Waals surface area (Å²) in [6.07, 6.45) is 5.96. The van der Waals surface area contributed by atoms with E-state index in [1.807, 2.05) is 0 Å². The molecule has 0 aliphatic heterocycles. The zero-order valence-corrected chi connectivity index (χ0v) is 26.7. The van der Waals surface area contributed by atoms with Crippen molar-refractivity contribution in [2.75, 3.05) is 4.90 Å². The fourth-order valence-electron chi connectivity index (χ4n) is 7.22. The molecule has 46 heavy (non-hydrogen) atoms. The van der Waals surface area contributed by atoms with E-state index in [1.54, 1.807) is 0 Å². The second-order valence-electron chi connectivity index (χ2n) is 12.7. The van der Waals surface area contributed by atoms with Crippen molar-refractivity contribution >= 4 is 17.1 Å². The maximum absolute atomic E-state index is 4.35. The number of nitrogens with zero attached hydrogens (tertiary/aromatic N) is 1. The molecule has 1 heteroatoms. The van der Waals surface area contributed by atoms with E-state index in [0.29, 0.717) is 0 Å². The van der Waals surface area contributed by atoms with Crippen molar-refractivity contribution in [3.63, 3.8) is 0 Å². The number of hydrogen-bond donors (Lipinski definition) is 0. The minimum Gasteiger partial charge on any atom is -0.311 e. The largest absolute Gasteiger partial charge is 0.311 e. The molecule has 226 valence electrons. The lowest BCUT2D eigenvalue weighted by molar-refractivity contribution is 0.330. The molecule has 1 fully saturated rings. The van der Waals surface area contributed by atoms with Crippen LogP contribution >= 0.6 is 0 Å². The summed E-state index contributed by atoms with van der Waals surface area (Å²) in [5, 5.41) is 0. The van der Waals surface area contributed by atoms with Crippen LogP contribution in [0.15, 0.2) is 170 Å². The Morgan fingerprint density at radius 3 is 1.24 bits per heavy atom. The maximum atomic E-state index is 4.35. The van der Waals surface area contributed by atoms with Crippen LogP contribution in [0.4, 0.5) is 17.1 Å². The standard InChI is InChI=1S/C45H41N/c1-3-45(32-10-11-34(2)33-45)41-24-16-37(17-25-41)40-22-30-44(31-23-40)46(42-26-18-38(19-27-42)35-12-6-4-7-13-35)43-28-20-39(21-29-43)36-14-8-5-9-15-36/h4-9,12-31H,2-3,10-11,32-33H2,1H3. The summed E-state index contributed by atoms with van der Waals surface area (Å²) >= 11 is 0. The van der Waals surface area contributed by atoms with Crippen molar-refractivity contribution in [2.45, 2.75) is 44.4 Å². The van der Waals surface area contributed by atoms with E-state index < -0.39 is 0 Å². The highest BCUT2D eigenvalue weighted by Gasteiger charge is 2.33. The van der Waals surface area contributed by atoms with Gasteiger partial charge in [0.25, 0.3) is 0 Å². The highest BCUT2D eigenvalue weighted by Crippen LogP contribution is 2.44. The monoisotopic (exact) mass is 595 g/mol. The molecule has 6 aromatic rings. The van der Waals surface area contributed by atoms with E-state index >= 15 is 0 Å². The Labute approximate surface area is 274 Å². The van der Waals surface area contributed by atoms with Crippen LogP contribution in [0.25, 0.3) is 33.4 Å². The van der Waals surface area contributed by atoms with Gasteiger partial charge in [-0.1, -0.05) is 140 Å². The van der Waals surface area contributed by atoms with Crippen LogP contribution in [0.3, 0.4) is 0 Å².